The van der Waals surface area contributed by atoms with Crippen molar-refractivity contribution in [2.75, 3.05) is 5.43 Å². The molecule has 0 spiro atoms. The van der Waals surface area contributed by atoms with Gasteiger partial charge in [-0.05, 0) is 12.0 Å². The summed E-state index contributed by atoms with van der Waals surface area (Å²) in [5, 5.41) is 4.48. The molecule has 1 aliphatic rings. The van der Waals surface area contributed by atoms with E-state index >= 15 is 0 Å². The second-order valence-corrected chi connectivity index (χ2v) is 6.08. The fraction of sp³-hybridized carbons (Fsp3) is 0.294. The van der Waals surface area contributed by atoms with Gasteiger partial charge in [0, 0.05) is 14.1 Å². The monoisotopic (exact) mass is 338 g/mol. The van der Waals surface area contributed by atoms with Gasteiger partial charge in [-0.25, -0.2) is 10.2 Å². The average molecular weight is 338 g/mol. The molecule has 3 aromatic rings. The van der Waals surface area contributed by atoms with E-state index in [4.69, 9.17) is 0 Å². The van der Waals surface area contributed by atoms with Gasteiger partial charge in [0.1, 0.15) is 0 Å². The molecule has 2 aromatic heterocycles. The Bertz CT molecular complexity index is 1120. The van der Waals surface area contributed by atoms with Gasteiger partial charge in [-0.2, -0.15) is 10.1 Å². The third kappa shape index (κ3) is 2.07. The lowest BCUT2D eigenvalue weighted by Crippen LogP contribution is -2.38. The Kier molecular flexibility index (Phi) is 3.34. The molecule has 0 saturated carbocycles. The molecule has 3 heterocycles. The van der Waals surface area contributed by atoms with Crippen LogP contribution in [0.25, 0.3) is 11.2 Å². The molecule has 8 nitrogen and oxygen atoms in total. The van der Waals surface area contributed by atoms with Gasteiger partial charge in [0.2, 0.25) is 5.95 Å². The van der Waals surface area contributed by atoms with Crippen LogP contribution >= 0.6 is 0 Å². The van der Waals surface area contributed by atoms with E-state index in [0.29, 0.717) is 17.1 Å². The summed E-state index contributed by atoms with van der Waals surface area (Å²) in [6.45, 7) is 2.04. The first kappa shape index (κ1) is 15.4. The smallest absolute Gasteiger partial charge is 0.294 e. The number of fused-ring (bicyclic) bond motifs is 3. The molecule has 0 saturated heterocycles. The molecule has 0 aliphatic carbocycles. The minimum Gasteiger partial charge on any atom is -0.294 e. The predicted molar refractivity (Wildman–Crippen MR) is 96.1 cm³/mol. The van der Waals surface area contributed by atoms with Crippen molar-refractivity contribution in [1.29, 1.82) is 0 Å². The van der Waals surface area contributed by atoms with Gasteiger partial charge in [0.05, 0.1) is 11.8 Å². The van der Waals surface area contributed by atoms with Crippen molar-refractivity contribution < 1.29 is 0 Å². The lowest BCUT2D eigenvalue weighted by Gasteiger charge is -2.25. The molecule has 0 bridgehead atoms. The quantitative estimate of drug-likeness (QED) is 0.761. The zero-order chi connectivity index (χ0) is 17.7. The molecule has 1 atom stereocenters. The number of aryl methyl sites for hydroxylation is 1. The molecular weight excluding hydrogens is 320 g/mol. The lowest BCUT2D eigenvalue weighted by molar-refractivity contribution is 0.618. The molecule has 1 aromatic carbocycles. The first-order valence-corrected chi connectivity index (χ1v) is 8.11. The molecule has 8 heteroatoms. The number of nitrogens with one attached hydrogen (secondary N) is 1. The molecular formula is C17H18N6O2. The minimum absolute atomic E-state index is 0.145. The number of hydrazone groups is 1. The number of benzene rings is 1. The Hall–Kier alpha value is -3.16. The van der Waals surface area contributed by atoms with E-state index in [2.05, 4.69) is 15.5 Å². The molecule has 1 N–H and O–H groups in total. The van der Waals surface area contributed by atoms with E-state index in [0.717, 1.165) is 22.3 Å². The third-order valence-corrected chi connectivity index (χ3v) is 4.65. The van der Waals surface area contributed by atoms with Crippen molar-refractivity contribution in [1.82, 2.24) is 18.7 Å². The highest BCUT2D eigenvalue weighted by Crippen LogP contribution is 2.30. The normalized spacial score (nSPS) is 16.4. The summed E-state index contributed by atoms with van der Waals surface area (Å²) in [7, 11) is 3.09. The van der Waals surface area contributed by atoms with Crippen LogP contribution in [0.15, 0.2) is 45.0 Å². The van der Waals surface area contributed by atoms with Gasteiger partial charge in [0.15, 0.2) is 11.2 Å². The van der Waals surface area contributed by atoms with Crippen molar-refractivity contribution >= 4 is 22.8 Å². The van der Waals surface area contributed by atoms with Crippen LogP contribution in [0.1, 0.15) is 24.9 Å². The van der Waals surface area contributed by atoms with Gasteiger partial charge in [-0.15, -0.1) is 0 Å². The van der Waals surface area contributed by atoms with Crippen molar-refractivity contribution in [2.45, 2.75) is 19.4 Å². The van der Waals surface area contributed by atoms with Gasteiger partial charge in [0.25, 0.3) is 5.56 Å². The SMILES string of the molecule is CC[C@H]1C(c2ccccc2)=NNc2nc3c(c(=O)n(C)c(=O)n3C)n21. The largest absolute Gasteiger partial charge is 0.332 e. The van der Waals surface area contributed by atoms with Gasteiger partial charge < -0.3 is 0 Å². The van der Waals surface area contributed by atoms with Crippen LogP contribution in [-0.4, -0.2) is 24.4 Å². The molecule has 0 amide bonds. The number of aromatic nitrogens is 4. The number of hydrogen-bond acceptors (Lipinski definition) is 5. The van der Waals surface area contributed by atoms with Crippen LogP contribution in [-0.2, 0) is 14.1 Å². The summed E-state index contributed by atoms with van der Waals surface area (Å²) in [6, 6.07) is 9.69. The van der Waals surface area contributed by atoms with E-state index in [-0.39, 0.29) is 11.6 Å². The first-order valence-electron chi connectivity index (χ1n) is 8.11. The van der Waals surface area contributed by atoms with Crippen LogP contribution in [0.5, 0.6) is 0 Å². The van der Waals surface area contributed by atoms with Gasteiger partial charge in [-0.3, -0.25) is 18.5 Å². The molecule has 0 unspecified atom stereocenters. The van der Waals surface area contributed by atoms with Crippen molar-refractivity contribution in [3.05, 3.63) is 56.7 Å². The summed E-state index contributed by atoms with van der Waals surface area (Å²) < 4.78 is 4.35. The molecule has 25 heavy (non-hydrogen) atoms. The fourth-order valence-electron chi connectivity index (χ4n) is 3.35. The van der Waals surface area contributed by atoms with E-state index < -0.39 is 5.69 Å². The number of rotatable bonds is 2. The van der Waals surface area contributed by atoms with E-state index in [1.807, 2.05) is 41.8 Å². The first-order chi connectivity index (χ1) is 12.0. The lowest BCUT2D eigenvalue weighted by atomic mass is 10.0. The Morgan fingerprint density at radius 3 is 2.52 bits per heavy atom. The zero-order valence-corrected chi connectivity index (χ0v) is 14.2. The third-order valence-electron chi connectivity index (χ3n) is 4.65. The second-order valence-electron chi connectivity index (χ2n) is 6.08. The van der Waals surface area contributed by atoms with Crippen LogP contribution in [0.4, 0.5) is 5.95 Å². The summed E-state index contributed by atoms with van der Waals surface area (Å²) in [5.41, 5.74) is 4.77. The number of hydrogen-bond donors (Lipinski definition) is 1. The number of nitrogens with zero attached hydrogens (tertiary/aromatic N) is 5. The Morgan fingerprint density at radius 1 is 1.12 bits per heavy atom. The summed E-state index contributed by atoms with van der Waals surface area (Å²) in [4.78, 5) is 29.4. The van der Waals surface area contributed by atoms with Gasteiger partial charge in [-0.1, -0.05) is 37.3 Å². The topological polar surface area (TPSA) is 86.2 Å². The zero-order valence-electron chi connectivity index (χ0n) is 14.2. The van der Waals surface area contributed by atoms with Crippen LogP contribution < -0.4 is 16.7 Å². The van der Waals surface area contributed by atoms with Gasteiger partial charge >= 0.3 is 5.69 Å². The highest BCUT2D eigenvalue weighted by molar-refractivity contribution is 6.05. The molecule has 1 aliphatic heterocycles. The fourth-order valence-corrected chi connectivity index (χ4v) is 3.35. The molecule has 0 fully saturated rings. The van der Waals surface area contributed by atoms with Crippen molar-refractivity contribution in [3.8, 4) is 0 Å². The summed E-state index contributed by atoms with van der Waals surface area (Å²) in [5.74, 6) is 0.472. The van der Waals surface area contributed by atoms with Crippen LogP contribution in [0.3, 0.4) is 0 Å². The number of anilines is 1. The highest BCUT2D eigenvalue weighted by atomic mass is 16.2. The Balaban J connectivity index is 2.03. The standard InChI is InChI=1S/C17H18N6O2/c1-4-11-12(10-8-6-5-7-9-10)19-20-16-18-14-13(23(11)16)15(24)22(3)17(25)21(14)2/h5-9,11H,4H2,1-3H3,(H,18,20)/t11-/m0/s1. The van der Waals surface area contributed by atoms with Crippen molar-refractivity contribution in [2.24, 2.45) is 19.2 Å². The van der Waals surface area contributed by atoms with Crippen molar-refractivity contribution in [3.63, 3.8) is 0 Å². The van der Waals surface area contributed by atoms with E-state index in [9.17, 15) is 9.59 Å². The number of imidazole rings is 1. The summed E-state index contributed by atoms with van der Waals surface area (Å²) in [6.07, 6.45) is 0.736. The summed E-state index contributed by atoms with van der Waals surface area (Å²) >= 11 is 0. The Morgan fingerprint density at radius 2 is 1.84 bits per heavy atom. The van der Waals surface area contributed by atoms with Crippen LogP contribution in [0, 0.1) is 0 Å². The second kappa shape index (κ2) is 5.44. The van der Waals surface area contributed by atoms with E-state index in [1.54, 1.807) is 7.05 Å². The minimum atomic E-state index is -0.398. The average Bonchev–Trinajstić information content (AvgIpc) is 3.04. The molecule has 0 radical (unpaired) electrons. The van der Waals surface area contributed by atoms with E-state index in [1.165, 1.54) is 11.6 Å². The maximum absolute atomic E-state index is 12.8. The molecule has 4 rings (SSSR count). The maximum atomic E-state index is 12.8. The predicted octanol–water partition coefficient (Wildman–Crippen LogP) is 1.21. The van der Waals surface area contributed by atoms with Crippen LogP contribution in [0.2, 0.25) is 0 Å². The molecule has 128 valence electrons. The Labute approximate surface area is 143 Å². The highest BCUT2D eigenvalue weighted by Gasteiger charge is 2.30. The maximum Gasteiger partial charge on any atom is 0.332 e.